The molecule has 0 fully saturated rings. The molecule has 1 aromatic heterocycles. The van der Waals surface area contributed by atoms with E-state index < -0.39 is 0 Å². The summed E-state index contributed by atoms with van der Waals surface area (Å²) in [5, 5.41) is 5.37. The van der Waals surface area contributed by atoms with E-state index in [1.807, 2.05) is 0 Å². The maximum absolute atomic E-state index is 13.3. The van der Waals surface area contributed by atoms with Crippen molar-refractivity contribution in [1.82, 2.24) is 5.16 Å². The molecule has 0 saturated carbocycles. The fourth-order valence-corrected chi connectivity index (χ4v) is 2.19. The Labute approximate surface area is 90.8 Å². The van der Waals surface area contributed by atoms with E-state index in [0.29, 0.717) is 22.7 Å². The number of thioether (sulfide) groups is 1. The van der Waals surface area contributed by atoms with Crippen LogP contribution in [0.3, 0.4) is 0 Å². The molecule has 0 spiro atoms. The second-order valence-electron chi connectivity index (χ2n) is 3.17. The first-order valence-electron chi connectivity index (χ1n) is 4.61. The molecule has 2 N–H and O–H groups in total. The van der Waals surface area contributed by atoms with Crippen LogP contribution in [0.15, 0.2) is 21.7 Å². The maximum Gasteiger partial charge on any atom is 0.168 e. The van der Waals surface area contributed by atoms with Gasteiger partial charge in [-0.3, -0.25) is 0 Å². The maximum atomic E-state index is 13.3. The number of nitrogens with zero attached hydrogens (tertiary/aromatic N) is 1. The monoisotopic (exact) mass is 226 g/mol. The molecular formula is C10H11FN2OS. The molecule has 0 radical (unpaired) electrons. The Morgan fingerprint density at radius 3 is 3.07 bits per heavy atom. The molecule has 3 nitrogen and oxygen atoms in total. The summed E-state index contributed by atoms with van der Waals surface area (Å²) < 4.78 is 18.4. The molecule has 0 aliphatic carbocycles. The third kappa shape index (κ3) is 1.85. The lowest BCUT2D eigenvalue weighted by molar-refractivity contribution is 0.437. The van der Waals surface area contributed by atoms with Crippen LogP contribution < -0.4 is 5.73 Å². The molecule has 2 rings (SSSR count). The Bertz CT molecular complexity index is 483. The highest BCUT2D eigenvalue weighted by atomic mass is 32.2. The van der Waals surface area contributed by atoms with E-state index in [-0.39, 0.29) is 5.82 Å². The van der Waals surface area contributed by atoms with E-state index in [0.717, 1.165) is 11.1 Å². The normalized spacial score (nSPS) is 11.1. The zero-order valence-corrected chi connectivity index (χ0v) is 9.10. The van der Waals surface area contributed by atoms with Gasteiger partial charge in [0.05, 0.1) is 5.39 Å². The average molecular weight is 226 g/mol. The summed E-state index contributed by atoms with van der Waals surface area (Å²) in [7, 11) is 0. The van der Waals surface area contributed by atoms with E-state index in [1.54, 1.807) is 13.0 Å². The smallest absolute Gasteiger partial charge is 0.168 e. The Morgan fingerprint density at radius 2 is 2.33 bits per heavy atom. The topological polar surface area (TPSA) is 52.0 Å². The summed E-state index contributed by atoms with van der Waals surface area (Å²) in [5.74, 6) is 0.512. The van der Waals surface area contributed by atoms with Gasteiger partial charge in [-0.15, -0.1) is 11.8 Å². The summed E-state index contributed by atoms with van der Waals surface area (Å²) in [4.78, 5) is 0. The van der Waals surface area contributed by atoms with Crippen LogP contribution in [-0.2, 0) is 0 Å². The van der Waals surface area contributed by atoms with Crippen molar-refractivity contribution in [2.45, 2.75) is 11.9 Å². The van der Waals surface area contributed by atoms with Crippen molar-refractivity contribution in [2.24, 2.45) is 5.73 Å². The number of hydrogen-bond donors (Lipinski definition) is 1. The zero-order chi connectivity index (χ0) is 10.8. The van der Waals surface area contributed by atoms with Gasteiger partial charge in [0.1, 0.15) is 10.8 Å². The molecule has 0 unspecified atom stereocenters. The molecule has 0 aliphatic rings. The first-order chi connectivity index (χ1) is 7.24. The molecule has 80 valence electrons. The third-order valence-corrected chi connectivity index (χ3v) is 3.15. The van der Waals surface area contributed by atoms with Gasteiger partial charge in [0, 0.05) is 12.3 Å². The Kier molecular flexibility index (Phi) is 2.93. The molecule has 2 aromatic rings. The number of rotatable bonds is 3. The Balaban J connectivity index is 2.51. The molecule has 0 saturated heterocycles. The predicted molar refractivity (Wildman–Crippen MR) is 58.5 cm³/mol. The van der Waals surface area contributed by atoms with Crippen LogP contribution in [0.5, 0.6) is 0 Å². The molecule has 1 heterocycles. The van der Waals surface area contributed by atoms with E-state index in [1.165, 1.54) is 17.8 Å². The van der Waals surface area contributed by atoms with Gasteiger partial charge < -0.3 is 10.3 Å². The fourth-order valence-electron chi connectivity index (χ4n) is 1.39. The van der Waals surface area contributed by atoms with Gasteiger partial charge in [0.2, 0.25) is 0 Å². The lowest BCUT2D eigenvalue weighted by Crippen LogP contribution is -2.01. The van der Waals surface area contributed by atoms with E-state index >= 15 is 0 Å². The number of aromatic nitrogens is 1. The van der Waals surface area contributed by atoms with Crippen molar-refractivity contribution in [1.29, 1.82) is 0 Å². The lowest BCUT2D eigenvalue weighted by atomic mass is 10.1. The summed E-state index contributed by atoms with van der Waals surface area (Å²) in [5.41, 5.74) is 6.60. The number of benzene rings is 1. The van der Waals surface area contributed by atoms with Crippen LogP contribution in [-0.4, -0.2) is 17.5 Å². The fraction of sp³-hybridized carbons (Fsp3) is 0.300. The van der Waals surface area contributed by atoms with Crippen LogP contribution in [0.4, 0.5) is 4.39 Å². The predicted octanol–water partition coefficient (Wildman–Crippen LogP) is 2.33. The highest BCUT2D eigenvalue weighted by Crippen LogP contribution is 2.30. The van der Waals surface area contributed by atoms with Gasteiger partial charge >= 0.3 is 0 Å². The molecule has 15 heavy (non-hydrogen) atoms. The summed E-state index contributed by atoms with van der Waals surface area (Å²) in [6, 6.07) is 2.98. The van der Waals surface area contributed by atoms with Crippen molar-refractivity contribution in [3.63, 3.8) is 0 Å². The van der Waals surface area contributed by atoms with Crippen molar-refractivity contribution in [3.05, 3.63) is 23.5 Å². The van der Waals surface area contributed by atoms with E-state index in [9.17, 15) is 4.39 Å². The SMILES string of the molecule is Cc1c(F)ccc2onc(SCCN)c12. The second kappa shape index (κ2) is 4.20. The van der Waals surface area contributed by atoms with Crippen LogP contribution in [0, 0.1) is 12.7 Å². The average Bonchev–Trinajstić information content (AvgIpc) is 2.64. The number of halogens is 1. The molecule has 5 heteroatoms. The van der Waals surface area contributed by atoms with Gasteiger partial charge in [0.25, 0.3) is 0 Å². The van der Waals surface area contributed by atoms with Crippen molar-refractivity contribution in [3.8, 4) is 0 Å². The highest BCUT2D eigenvalue weighted by Gasteiger charge is 2.13. The molecule has 0 atom stereocenters. The Hall–Kier alpha value is -1.07. The largest absolute Gasteiger partial charge is 0.355 e. The minimum atomic E-state index is -0.236. The van der Waals surface area contributed by atoms with Gasteiger partial charge in [-0.1, -0.05) is 5.16 Å². The van der Waals surface area contributed by atoms with Crippen molar-refractivity contribution < 1.29 is 8.91 Å². The second-order valence-corrected chi connectivity index (χ2v) is 4.25. The summed E-state index contributed by atoms with van der Waals surface area (Å²) in [6.45, 7) is 2.29. The van der Waals surface area contributed by atoms with Gasteiger partial charge in [-0.25, -0.2) is 4.39 Å². The van der Waals surface area contributed by atoms with E-state index in [4.69, 9.17) is 10.3 Å². The minimum Gasteiger partial charge on any atom is -0.355 e. The number of nitrogens with two attached hydrogens (primary N) is 1. The highest BCUT2D eigenvalue weighted by molar-refractivity contribution is 7.99. The molecule has 0 bridgehead atoms. The first-order valence-corrected chi connectivity index (χ1v) is 5.60. The zero-order valence-electron chi connectivity index (χ0n) is 8.29. The van der Waals surface area contributed by atoms with Crippen LogP contribution in [0.2, 0.25) is 0 Å². The van der Waals surface area contributed by atoms with Crippen LogP contribution in [0.25, 0.3) is 11.0 Å². The summed E-state index contributed by atoms with van der Waals surface area (Å²) in [6.07, 6.45) is 0. The Morgan fingerprint density at radius 1 is 1.53 bits per heavy atom. The molecular weight excluding hydrogens is 215 g/mol. The third-order valence-electron chi connectivity index (χ3n) is 2.16. The van der Waals surface area contributed by atoms with E-state index in [2.05, 4.69) is 5.16 Å². The van der Waals surface area contributed by atoms with Crippen molar-refractivity contribution in [2.75, 3.05) is 12.3 Å². The number of aryl methyl sites for hydroxylation is 1. The van der Waals surface area contributed by atoms with Crippen LogP contribution >= 0.6 is 11.8 Å². The van der Waals surface area contributed by atoms with Gasteiger partial charge in [-0.2, -0.15) is 0 Å². The standard InChI is InChI=1S/C10H11FN2OS/c1-6-7(11)2-3-8-9(6)10(13-14-8)15-5-4-12/h2-3H,4-5,12H2,1H3. The molecule has 0 aliphatic heterocycles. The first kappa shape index (κ1) is 10.4. The number of hydrogen-bond acceptors (Lipinski definition) is 4. The lowest BCUT2D eigenvalue weighted by Gasteiger charge is -1.98. The molecule has 0 amide bonds. The van der Waals surface area contributed by atoms with Crippen LogP contribution in [0.1, 0.15) is 5.56 Å². The quantitative estimate of drug-likeness (QED) is 0.816. The minimum absolute atomic E-state index is 0.236. The van der Waals surface area contributed by atoms with Gasteiger partial charge in [-0.05, 0) is 24.6 Å². The summed E-state index contributed by atoms with van der Waals surface area (Å²) >= 11 is 1.48. The molecule has 1 aromatic carbocycles. The number of fused-ring (bicyclic) bond motifs is 1. The van der Waals surface area contributed by atoms with Gasteiger partial charge in [0.15, 0.2) is 5.58 Å². The van der Waals surface area contributed by atoms with Crippen molar-refractivity contribution >= 4 is 22.7 Å².